The molecule has 6 rings (SSSR count). The van der Waals surface area contributed by atoms with Crippen LogP contribution in [0, 0.1) is 10.8 Å². The van der Waals surface area contributed by atoms with Crippen molar-refractivity contribution in [2.24, 2.45) is 0 Å². The summed E-state index contributed by atoms with van der Waals surface area (Å²) in [7, 11) is 10.1. The van der Waals surface area contributed by atoms with Crippen molar-refractivity contribution in [1.82, 2.24) is 19.8 Å². The molecule has 0 spiro atoms. The van der Waals surface area contributed by atoms with E-state index in [-0.39, 0.29) is 11.1 Å². The molecule has 2 heterocycles. The molecule has 0 fully saturated rings. The number of pyridine rings is 2. The van der Waals surface area contributed by atoms with Gasteiger partial charge in [0, 0.05) is 62.8 Å². The number of anilines is 4. The van der Waals surface area contributed by atoms with Gasteiger partial charge in [0.25, 0.3) is 23.6 Å². The highest BCUT2D eigenvalue weighted by Gasteiger charge is 2.19. The molecule has 18 heteroatoms. The van der Waals surface area contributed by atoms with E-state index in [4.69, 9.17) is 43.5 Å². The molecule has 64 heavy (non-hydrogen) atoms. The normalized spacial score (nSPS) is 10.2. The van der Waals surface area contributed by atoms with Crippen LogP contribution in [0.5, 0.6) is 11.5 Å². The number of amides is 4. The lowest BCUT2D eigenvalue weighted by molar-refractivity contribution is 0.101. The second-order valence-corrected chi connectivity index (χ2v) is 14.9. The van der Waals surface area contributed by atoms with Crippen molar-refractivity contribution in [1.29, 1.82) is 10.8 Å². The van der Waals surface area contributed by atoms with Crippen LogP contribution in [0.3, 0.4) is 0 Å². The van der Waals surface area contributed by atoms with Gasteiger partial charge in [0.05, 0.1) is 46.8 Å². The second-order valence-electron chi connectivity index (χ2n) is 14.0. The summed E-state index contributed by atoms with van der Waals surface area (Å²) in [5.41, 5.74) is 3.20. The van der Waals surface area contributed by atoms with Crippen LogP contribution in [-0.4, -0.2) is 97.5 Å². The van der Waals surface area contributed by atoms with E-state index in [0.717, 1.165) is 0 Å². The number of hydrogen-bond acceptors (Lipinski definition) is 10. The fourth-order valence-corrected chi connectivity index (χ4v) is 5.85. The number of ether oxygens (including phenoxy) is 2. The van der Waals surface area contributed by atoms with Gasteiger partial charge in [-0.3, -0.25) is 30.0 Å². The fourth-order valence-electron chi connectivity index (χ4n) is 5.63. The molecule has 0 aliphatic rings. The molecule has 16 nitrogen and oxygen atoms in total. The summed E-state index contributed by atoms with van der Waals surface area (Å²) in [6, 6.07) is 29.2. The zero-order chi connectivity index (χ0) is 46.5. The molecule has 0 unspecified atom stereocenters. The first-order valence-corrected chi connectivity index (χ1v) is 19.9. The zero-order valence-corrected chi connectivity index (χ0v) is 37.1. The van der Waals surface area contributed by atoms with Gasteiger partial charge in [-0.05, 0) is 84.9 Å². The van der Waals surface area contributed by atoms with E-state index in [1.807, 2.05) is 0 Å². The van der Waals surface area contributed by atoms with Crippen LogP contribution in [0.15, 0.2) is 122 Å². The van der Waals surface area contributed by atoms with Crippen molar-refractivity contribution in [3.63, 3.8) is 0 Å². The SMILES string of the molecule is COc1ccc(NC(=O)c2ccc(C(=N)N(C)C)cc2)c(C(=O)Nc2ccc(Cl)cn2)c1.COc1ccc(NC(=O)c2ccc(C(=N)N(C)C)cc2)c(C(=O)Nc2ccc(Cl)cn2)c1. The minimum Gasteiger partial charge on any atom is -0.497 e. The van der Waals surface area contributed by atoms with E-state index in [1.165, 1.54) is 38.7 Å². The minimum atomic E-state index is -0.469. The average molecular weight is 904 g/mol. The van der Waals surface area contributed by atoms with Crippen LogP contribution >= 0.6 is 23.2 Å². The van der Waals surface area contributed by atoms with Gasteiger partial charge in [-0.25, -0.2) is 9.97 Å². The predicted molar refractivity (Wildman–Crippen MR) is 250 cm³/mol. The lowest BCUT2D eigenvalue weighted by Gasteiger charge is -2.15. The summed E-state index contributed by atoms with van der Waals surface area (Å²) in [5, 5.41) is 27.8. The van der Waals surface area contributed by atoms with E-state index in [9.17, 15) is 19.2 Å². The summed E-state index contributed by atoms with van der Waals surface area (Å²) in [4.78, 5) is 62.8. The monoisotopic (exact) mass is 902 g/mol. The first-order valence-electron chi connectivity index (χ1n) is 19.1. The summed E-state index contributed by atoms with van der Waals surface area (Å²) < 4.78 is 10.4. The summed E-state index contributed by atoms with van der Waals surface area (Å²) >= 11 is 11.7. The number of amidine groups is 2. The number of nitrogens with zero attached hydrogens (tertiary/aromatic N) is 4. The smallest absolute Gasteiger partial charge is 0.259 e. The van der Waals surface area contributed by atoms with Crippen molar-refractivity contribution in [3.8, 4) is 11.5 Å². The maximum atomic E-state index is 12.9. The number of nitrogens with one attached hydrogen (secondary N) is 6. The van der Waals surface area contributed by atoms with Gasteiger partial charge < -0.3 is 40.5 Å². The molecule has 328 valence electrons. The predicted octanol–water partition coefficient (Wildman–Crippen LogP) is 8.27. The molecule has 6 N–H and O–H groups in total. The van der Waals surface area contributed by atoms with Crippen LogP contribution in [0.2, 0.25) is 10.0 Å². The number of carbonyl (C=O) groups is 4. The van der Waals surface area contributed by atoms with Gasteiger partial charge in [-0.2, -0.15) is 0 Å². The maximum absolute atomic E-state index is 12.9. The molecule has 4 aromatic carbocycles. The van der Waals surface area contributed by atoms with E-state index >= 15 is 0 Å². The molecule has 0 saturated carbocycles. The molecule has 0 radical (unpaired) electrons. The van der Waals surface area contributed by atoms with Gasteiger partial charge in [-0.1, -0.05) is 47.5 Å². The Bertz CT molecular complexity index is 2480. The Morgan fingerprint density at radius 3 is 1.12 bits per heavy atom. The maximum Gasteiger partial charge on any atom is 0.259 e. The number of benzene rings is 4. The quantitative estimate of drug-likeness (QED) is 0.0511. The van der Waals surface area contributed by atoms with E-state index in [2.05, 4.69) is 31.2 Å². The van der Waals surface area contributed by atoms with Crippen LogP contribution < -0.4 is 30.7 Å². The number of aromatic nitrogens is 2. The third-order valence-corrected chi connectivity index (χ3v) is 9.56. The van der Waals surface area contributed by atoms with Gasteiger partial charge in [0.1, 0.15) is 34.8 Å². The third kappa shape index (κ3) is 12.6. The van der Waals surface area contributed by atoms with Gasteiger partial charge in [0.2, 0.25) is 0 Å². The molecular weight excluding hydrogens is 859 g/mol. The lowest BCUT2D eigenvalue weighted by Crippen LogP contribution is -2.22. The number of hydrogen-bond donors (Lipinski definition) is 6. The Labute approximate surface area is 379 Å². The van der Waals surface area contributed by atoms with Crippen molar-refractivity contribution in [2.45, 2.75) is 0 Å². The lowest BCUT2D eigenvalue weighted by atomic mass is 10.1. The average Bonchev–Trinajstić information content (AvgIpc) is 3.30. The molecule has 0 aliphatic heterocycles. The first kappa shape index (κ1) is 47.2. The van der Waals surface area contributed by atoms with Crippen molar-refractivity contribution in [3.05, 3.63) is 165 Å². The van der Waals surface area contributed by atoms with Gasteiger partial charge in [-0.15, -0.1) is 0 Å². The largest absolute Gasteiger partial charge is 0.497 e. The fraction of sp³-hybridized carbons (Fsp3) is 0.130. The number of rotatable bonds is 12. The Kier molecular flexibility index (Phi) is 16.1. The highest BCUT2D eigenvalue weighted by Crippen LogP contribution is 2.26. The number of carbonyl (C=O) groups excluding carboxylic acids is 4. The molecule has 6 aromatic rings. The molecular formula is C46H44Cl2N10O6. The molecule has 0 aliphatic carbocycles. The van der Waals surface area contributed by atoms with E-state index in [0.29, 0.717) is 78.5 Å². The number of halogens is 2. The topological polar surface area (TPSA) is 215 Å². The minimum absolute atomic E-state index is 0.209. The molecule has 2 aromatic heterocycles. The molecule has 4 amide bonds. The van der Waals surface area contributed by atoms with Crippen LogP contribution in [0.1, 0.15) is 52.6 Å². The van der Waals surface area contributed by atoms with Crippen molar-refractivity contribution >= 4 is 81.5 Å². The highest BCUT2D eigenvalue weighted by atomic mass is 35.5. The third-order valence-electron chi connectivity index (χ3n) is 9.11. The zero-order valence-electron chi connectivity index (χ0n) is 35.5. The summed E-state index contributed by atoms with van der Waals surface area (Å²) in [5.74, 6) is 0.509. The Morgan fingerprint density at radius 2 is 0.828 bits per heavy atom. The van der Waals surface area contributed by atoms with Crippen molar-refractivity contribution in [2.75, 3.05) is 63.7 Å². The Hall–Kier alpha value is -7.82. The highest BCUT2D eigenvalue weighted by molar-refractivity contribution is 6.30. The van der Waals surface area contributed by atoms with Crippen molar-refractivity contribution < 1.29 is 28.7 Å². The van der Waals surface area contributed by atoms with Crippen LogP contribution in [0.25, 0.3) is 0 Å². The summed E-state index contributed by atoms with van der Waals surface area (Å²) in [6.45, 7) is 0. The van der Waals surface area contributed by atoms with Gasteiger partial charge >= 0.3 is 0 Å². The van der Waals surface area contributed by atoms with Gasteiger partial charge in [0.15, 0.2) is 0 Å². The first-order chi connectivity index (χ1) is 30.6. The Morgan fingerprint density at radius 1 is 0.484 bits per heavy atom. The summed E-state index contributed by atoms with van der Waals surface area (Å²) in [6.07, 6.45) is 2.84. The number of methoxy groups -OCH3 is 2. The van der Waals surface area contributed by atoms with Crippen LogP contribution in [0.4, 0.5) is 23.0 Å². The standard InChI is InChI=1S/2C23H22ClN5O3/c2*1-29(2)21(25)14-4-6-15(7-5-14)22(30)27-19-10-9-17(32-3)12-18(19)23(31)28-20-11-8-16(24)13-26-20/h2*4-13,25H,1-3H3,(H,27,30)(H,26,28,31). The van der Waals surface area contributed by atoms with Crippen LogP contribution in [-0.2, 0) is 0 Å². The second kappa shape index (κ2) is 21.8. The molecule has 0 saturated heterocycles. The Balaban J connectivity index is 0.000000241. The molecule has 0 bridgehead atoms. The van der Waals surface area contributed by atoms with E-state index < -0.39 is 23.6 Å². The van der Waals surface area contributed by atoms with E-state index in [1.54, 1.807) is 135 Å². The molecule has 0 atom stereocenters.